The molecule has 7 nitrogen and oxygen atoms in total. The SMILES string of the molecule is Cc1cc(C)c(NC(=O)[C@@H](C)Sc2nnnn2-c2ccc(O)cc2)c(C)c1. The first-order valence-electron chi connectivity index (χ1n) is 8.48. The standard InChI is InChI=1S/C19H21N5O2S/c1-11-9-12(2)17(13(3)10-11)20-18(26)14(4)27-19-21-22-23-24(19)15-5-7-16(25)8-6-15/h5-10,14,25H,1-4H3,(H,20,26)/t14-/m1/s1. The zero-order valence-corrected chi connectivity index (χ0v) is 16.4. The molecule has 0 aliphatic carbocycles. The number of tetrazole rings is 1. The minimum Gasteiger partial charge on any atom is -0.508 e. The van der Waals surface area contributed by atoms with Crippen molar-refractivity contribution in [3.8, 4) is 11.4 Å². The van der Waals surface area contributed by atoms with Crippen LogP contribution in [0, 0.1) is 20.8 Å². The molecule has 0 saturated heterocycles. The van der Waals surface area contributed by atoms with Crippen LogP contribution >= 0.6 is 11.8 Å². The molecule has 1 aromatic heterocycles. The first-order valence-corrected chi connectivity index (χ1v) is 9.36. The molecule has 2 aromatic carbocycles. The van der Waals surface area contributed by atoms with Gasteiger partial charge in [-0.1, -0.05) is 29.5 Å². The van der Waals surface area contributed by atoms with Crippen molar-refractivity contribution in [2.45, 2.75) is 38.1 Å². The van der Waals surface area contributed by atoms with Gasteiger partial charge in [0.2, 0.25) is 11.1 Å². The Bertz CT molecular complexity index is 945. The van der Waals surface area contributed by atoms with Crippen molar-refractivity contribution in [2.75, 3.05) is 5.32 Å². The van der Waals surface area contributed by atoms with Gasteiger partial charge in [-0.15, -0.1) is 5.10 Å². The number of hydrogen-bond acceptors (Lipinski definition) is 6. The second-order valence-electron chi connectivity index (χ2n) is 6.41. The predicted molar refractivity (Wildman–Crippen MR) is 105 cm³/mol. The average Bonchev–Trinajstić information content (AvgIpc) is 3.06. The third-order valence-corrected chi connectivity index (χ3v) is 5.14. The predicted octanol–water partition coefficient (Wildman–Crippen LogP) is 3.41. The molecule has 3 rings (SSSR count). The third kappa shape index (κ3) is 4.28. The molecule has 1 heterocycles. The highest BCUT2D eigenvalue weighted by molar-refractivity contribution is 8.00. The lowest BCUT2D eigenvalue weighted by atomic mass is 10.1. The molecular formula is C19H21N5O2S. The molecule has 0 saturated carbocycles. The van der Waals surface area contributed by atoms with Crippen LogP contribution in [0.4, 0.5) is 5.69 Å². The number of phenols is 1. The first-order chi connectivity index (χ1) is 12.8. The quantitative estimate of drug-likeness (QED) is 0.656. The molecule has 0 bridgehead atoms. The van der Waals surface area contributed by atoms with Crippen molar-refractivity contribution in [3.05, 3.63) is 53.1 Å². The summed E-state index contributed by atoms with van der Waals surface area (Å²) in [4.78, 5) is 12.7. The fourth-order valence-electron chi connectivity index (χ4n) is 2.82. The maximum Gasteiger partial charge on any atom is 0.237 e. The molecule has 0 aliphatic rings. The maximum atomic E-state index is 12.7. The number of aryl methyl sites for hydroxylation is 3. The molecule has 1 amide bonds. The minimum atomic E-state index is -0.396. The number of aromatic hydroxyl groups is 1. The van der Waals surface area contributed by atoms with E-state index in [9.17, 15) is 9.90 Å². The van der Waals surface area contributed by atoms with Gasteiger partial charge in [0, 0.05) is 5.69 Å². The van der Waals surface area contributed by atoms with Gasteiger partial charge in [0.15, 0.2) is 0 Å². The lowest BCUT2D eigenvalue weighted by molar-refractivity contribution is -0.115. The van der Waals surface area contributed by atoms with Crippen LogP contribution in [0.5, 0.6) is 5.75 Å². The molecular weight excluding hydrogens is 362 g/mol. The normalized spacial score (nSPS) is 12.0. The van der Waals surface area contributed by atoms with E-state index in [2.05, 4.69) is 20.8 Å². The summed E-state index contributed by atoms with van der Waals surface area (Å²) in [5, 5.41) is 24.2. The summed E-state index contributed by atoms with van der Waals surface area (Å²) in [7, 11) is 0. The molecule has 0 unspecified atom stereocenters. The second-order valence-corrected chi connectivity index (χ2v) is 7.72. The van der Waals surface area contributed by atoms with Crippen molar-refractivity contribution in [2.24, 2.45) is 0 Å². The summed E-state index contributed by atoms with van der Waals surface area (Å²) >= 11 is 1.27. The number of thioether (sulfide) groups is 1. The highest BCUT2D eigenvalue weighted by atomic mass is 32.2. The van der Waals surface area contributed by atoms with Crippen molar-refractivity contribution in [1.29, 1.82) is 0 Å². The third-order valence-electron chi connectivity index (χ3n) is 4.11. The van der Waals surface area contributed by atoms with E-state index in [1.165, 1.54) is 22.0 Å². The number of hydrogen-bond donors (Lipinski definition) is 2. The van der Waals surface area contributed by atoms with Crippen LogP contribution in [0.25, 0.3) is 5.69 Å². The lowest BCUT2D eigenvalue weighted by Gasteiger charge is -2.16. The van der Waals surface area contributed by atoms with E-state index in [1.807, 2.05) is 39.8 Å². The van der Waals surface area contributed by atoms with Crippen LogP contribution < -0.4 is 5.32 Å². The van der Waals surface area contributed by atoms with Crippen molar-refractivity contribution >= 4 is 23.4 Å². The zero-order valence-electron chi connectivity index (χ0n) is 15.6. The number of phenolic OH excluding ortho intramolecular Hbond substituents is 1. The molecule has 0 radical (unpaired) electrons. The van der Waals surface area contributed by atoms with Crippen LogP contribution in [0.1, 0.15) is 23.6 Å². The molecule has 8 heteroatoms. The second kappa shape index (κ2) is 7.79. The van der Waals surface area contributed by atoms with Gasteiger partial charge in [0.05, 0.1) is 10.9 Å². The maximum absolute atomic E-state index is 12.7. The van der Waals surface area contributed by atoms with E-state index >= 15 is 0 Å². The van der Waals surface area contributed by atoms with E-state index in [1.54, 1.807) is 24.3 Å². The van der Waals surface area contributed by atoms with Gasteiger partial charge in [0.25, 0.3) is 0 Å². The van der Waals surface area contributed by atoms with Gasteiger partial charge >= 0.3 is 0 Å². The number of anilines is 1. The number of nitrogens with one attached hydrogen (secondary N) is 1. The van der Waals surface area contributed by atoms with Gasteiger partial charge in [-0.05, 0) is 73.5 Å². The van der Waals surface area contributed by atoms with Crippen molar-refractivity contribution in [3.63, 3.8) is 0 Å². The van der Waals surface area contributed by atoms with Crippen LogP contribution in [0.15, 0.2) is 41.6 Å². The van der Waals surface area contributed by atoms with E-state index < -0.39 is 5.25 Å². The Labute approximate surface area is 161 Å². The van der Waals surface area contributed by atoms with Gasteiger partial charge in [-0.2, -0.15) is 4.68 Å². The topological polar surface area (TPSA) is 92.9 Å². The zero-order chi connectivity index (χ0) is 19.6. The smallest absolute Gasteiger partial charge is 0.237 e. The summed E-state index contributed by atoms with van der Waals surface area (Å²) in [6.07, 6.45) is 0. The first kappa shape index (κ1) is 18.9. The fourth-order valence-corrected chi connectivity index (χ4v) is 3.63. The number of carbonyl (C=O) groups excluding carboxylic acids is 1. The molecule has 0 spiro atoms. The molecule has 1 atom stereocenters. The van der Waals surface area contributed by atoms with E-state index in [0.717, 1.165) is 16.8 Å². The Morgan fingerprint density at radius 2 is 1.78 bits per heavy atom. The van der Waals surface area contributed by atoms with Gasteiger partial charge < -0.3 is 10.4 Å². The number of carbonyl (C=O) groups is 1. The molecule has 0 fully saturated rings. The number of amides is 1. The Hall–Kier alpha value is -2.87. The largest absolute Gasteiger partial charge is 0.508 e. The fraction of sp³-hybridized carbons (Fsp3) is 0.263. The average molecular weight is 383 g/mol. The number of nitrogens with zero attached hydrogens (tertiary/aromatic N) is 4. The summed E-state index contributed by atoms with van der Waals surface area (Å²) in [5.41, 5.74) is 4.78. The molecule has 2 N–H and O–H groups in total. The summed E-state index contributed by atoms with van der Waals surface area (Å²) in [6, 6.07) is 10.6. The number of aromatic nitrogens is 4. The lowest BCUT2D eigenvalue weighted by Crippen LogP contribution is -2.24. The Balaban J connectivity index is 1.75. The van der Waals surface area contributed by atoms with Gasteiger partial charge in [-0.3, -0.25) is 4.79 Å². The van der Waals surface area contributed by atoms with Crippen molar-refractivity contribution < 1.29 is 9.90 Å². The molecule has 3 aromatic rings. The number of rotatable bonds is 5. The summed E-state index contributed by atoms with van der Waals surface area (Å²) in [5.74, 6) is 0.0490. The van der Waals surface area contributed by atoms with E-state index in [-0.39, 0.29) is 11.7 Å². The van der Waals surface area contributed by atoms with Crippen LogP contribution in [-0.2, 0) is 4.79 Å². The van der Waals surface area contributed by atoms with Crippen LogP contribution in [0.2, 0.25) is 0 Å². The molecule has 140 valence electrons. The van der Waals surface area contributed by atoms with Crippen LogP contribution in [-0.4, -0.2) is 36.5 Å². The molecule has 0 aliphatic heterocycles. The number of benzene rings is 2. The van der Waals surface area contributed by atoms with Gasteiger partial charge in [0.1, 0.15) is 5.75 Å². The van der Waals surface area contributed by atoms with E-state index in [0.29, 0.717) is 10.8 Å². The Kier molecular flexibility index (Phi) is 5.46. The summed E-state index contributed by atoms with van der Waals surface area (Å²) in [6.45, 7) is 7.82. The molecule has 27 heavy (non-hydrogen) atoms. The highest BCUT2D eigenvalue weighted by Crippen LogP contribution is 2.27. The Morgan fingerprint density at radius 1 is 1.15 bits per heavy atom. The Morgan fingerprint density at radius 3 is 2.41 bits per heavy atom. The monoisotopic (exact) mass is 383 g/mol. The minimum absolute atomic E-state index is 0.115. The van der Waals surface area contributed by atoms with Crippen LogP contribution in [0.3, 0.4) is 0 Å². The van der Waals surface area contributed by atoms with Gasteiger partial charge in [-0.25, -0.2) is 0 Å². The highest BCUT2D eigenvalue weighted by Gasteiger charge is 2.20. The summed E-state index contributed by atoms with van der Waals surface area (Å²) < 4.78 is 1.54. The van der Waals surface area contributed by atoms with E-state index in [4.69, 9.17) is 0 Å². The van der Waals surface area contributed by atoms with Crippen molar-refractivity contribution in [1.82, 2.24) is 20.2 Å².